The molecule has 3 N–H and O–H groups in total. The molecule has 1 aromatic carbocycles. The third-order valence-electron chi connectivity index (χ3n) is 9.91. The number of aliphatic carboxylic acids is 1. The molecule has 2 bridgehead atoms. The molecule has 4 saturated carbocycles. The average molecular weight is 538 g/mol. The van der Waals surface area contributed by atoms with E-state index in [4.69, 9.17) is 9.47 Å². The fourth-order valence-corrected chi connectivity index (χ4v) is 7.15. The van der Waals surface area contributed by atoms with Gasteiger partial charge in [-0.1, -0.05) is 0 Å². The number of amides is 2. The molecular formula is C30H39N3O6. The zero-order valence-electron chi connectivity index (χ0n) is 23.0. The molecule has 0 heterocycles. The fraction of sp³-hybridized carbons (Fsp3) is 0.667. The first kappa shape index (κ1) is 27.3. The van der Waals surface area contributed by atoms with E-state index >= 15 is 0 Å². The summed E-state index contributed by atoms with van der Waals surface area (Å²) in [5, 5.41) is 25.7. The third kappa shape index (κ3) is 5.18. The predicted octanol–water partition coefficient (Wildman–Crippen LogP) is 4.18. The van der Waals surface area contributed by atoms with Crippen LogP contribution in [0.2, 0.25) is 0 Å². The van der Waals surface area contributed by atoms with Gasteiger partial charge in [0.05, 0.1) is 35.7 Å². The number of methoxy groups -OCH3 is 1. The topological polar surface area (TPSA) is 138 Å². The summed E-state index contributed by atoms with van der Waals surface area (Å²) in [6.45, 7) is 3.84. The van der Waals surface area contributed by atoms with Gasteiger partial charge in [0.2, 0.25) is 5.91 Å². The molecule has 0 aromatic heterocycles. The Hall–Kier alpha value is -3.28. The molecule has 9 heteroatoms. The van der Waals surface area contributed by atoms with E-state index in [1.54, 1.807) is 13.0 Å². The highest BCUT2D eigenvalue weighted by Gasteiger charge is 2.52. The third-order valence-corrected chi connectivity index (χ3v) is 9.91. The molecule has 0 spiro atoms. The quantitative estimate of drug-likeness (QED) is 0.452. The van der Waals surface area contributed by atoms with E-state index < -0.39 is 11.4 Å². The van der Waals surface area contributed by atoms with E-state index in [1.807, 2.05) is 0 Å². The number of carboxylic acid groups (broad SMARTS) is 1. The summed E-state index contributed by atoms with van der Waals surface area (Å²) in [6, 6.07) is 4.94. The van der Waals surface area contributed by atoms with Crippen LogP contribution in [0.3, 0.4) is 0 Å². The van der Waals surface area contributed by atoms with E-state index in [-0.39, 0.29) is 69.9 Å². The number of nitriles is 1. The van der Waals surface area contributed by atoms with Crippen molar-refractivity contribution in [3.63, 3.8) is 0 Å². The summed E-state index contributed by atoms with van der Waals surface area (Å²) in [7, 11) is 1.45. The van der Waals surface area contributed by atoms with Crippen LogP contribution in [0.4, 0.5) is 0 Å². The number of rotatable bonds is 8. The maximum absolute atomic E-state index is 13.7. The smallest absolute Gasteiger partial charge is 0.309 e. The van der Waals surface area contributed by atoms with Gasteiger partial charge < -0.3 is 25.2 Å². The summed E-state index contributed by atoms with van der Waals surface area (Å²) in [5.74, 6) is -0.294. The number of carbonyl (C=O) groups excluding carboxylic acids is 2. The maximum Gasteiger partial charge on any atom is 0.309 e. The van der Waals surface area contributed by atoms with Crippen LogP contribution in [0.15, 0.2) is 12.1 Å². The Morgan fingerprint density at radius 2 is 1.72 bits per heavy atom. The van der Waals surface area contributed by atoms with Gasteiger partial charge in [-0.2, -0.15) is 5.26 Å². The number of ether oxygens (including phenoxy) is 2. The largest absolute Gasteiger partial charge is 0.496 e. The Kier molecular flexibility index (Phi) is 7.25. The van der Waals surface area contributed by atoms with Crippen molar-refractivity contribution in [2.45, 2.75) is 95.7 Å². The zero-order valence-corrected chi connectivity index (χ0v) is 23.0. The van der Waals surface area contributed by atoms with Gasteiger partial charge in [0, 0.05) is 17.6 Å². The van der Waals surface area contributed by atoms with E-state index in [1.165, 1.54) is 13.2 Å². The molecule has 210 valence electrons. The van der Waals surface area contributed by atoms with E-state index in [9.17, 15) is 24.8 Å². The summed E-state index contributed by atoms with van der Waals surface area (Å²) in [6.07, 6.45) is 7.82. The van der Waals surface area contributed by atoms with Crippen molar-refractivity contribution in [1.29, 1.82) is 5.26 Å². The van der Waals surface area contributed by atoms with E-state index in [0.717, 1.165) is 38.5 Å². The summed E-state index contributed by atoms with van der Waals surface area (Å²) in [4.78, 5) is 38.6. The number of carbonyl (C=O) groups is 3. The molecule has 4 aliphatic rings. The Bertz CT molecular complexity index is 1190. The van der Waals surface area contributed by atoms with Gasteiger partial charge >= 0.3 is 5.97 Å². The van der Waals surface area contributed by atoms with Gasteiger partial charge in [0.25, 0.3) is 5.91 Å². The molecule has 1 aromatic rings. The molecule has 9 nitrogen and oxygen atoms in total. The first-order valence-electron chi connectivity index (χ1n) is 14.2. The SMILES string of the molecule is COc1cc(C#N)c(O[C@H]2CC[C@@](C)(C(=O)O)CC2)cc1C(=O)N[C@@H]1[C@H]2CC[C@H](C2)[C@@H]1C(=O)NC1(C)CCC1. The number of hydrogen-bond donors (Lipinski definition) is 3. The van der Waals surface area contributed by atoms with Crippen LogP contribution in [0, 0.1) is 34.5 Å². The molecule has 39 heavy (non-hydrogen) atoms. The molecule has 4 aliphatic carbocycles. The van der Waals surface area contributed by atoms with Crippen LogP contribution in [0.5, 0.6) is 11.5 Å². The molecule has 0 aliphatic heterocycles. The number of fused-ring (bicyclic) bond motifs is 2. The predicted molar refractivity (Wildman–Crippen MR) is 142 cm³/mol. The van der Waals surface area contributed by atoms with Crippen LogP contribution < -0.4 is 20.1 Å². The number of nitrogens with one attached hydrogen (secondary N) is 2. The lowest BCUT2D eigenvalue weighted by atomic mass is 9.75. The van der Waals surface area contributed by atoms with E-state index in [2.05, 4.69) is 23.6 Å². The second-order valence-electron chi connectivity index (χ2n) is 12.6. The number of nitrogens with zero attached hydrogens (tertiary/aromatic N) is 1. The summed E-state index contributed by atoms with van der Waals surface area (Å²) < 4.78 is 11.7. The van der Waals surface area contributed by atoms with Crippen LogP contribution in [0.1, 0.15) is 94.0 Å². The second-order valence-corrected chi connectivity index (χ2v) is 12.6. The number of carboxylic acids is 1. The van der Waals surface area contributed by atoms with Crippen LogP contribution in [-0.2, 0) is 9.59 Å². The number of hydrogen-bond acceptors (Lipinski definition) is 6. The summed E-state index contributed by atoms with van der Waals surface area (Å²) in [5.41, 5.74) is -0.411. The molecule has 0 saturated heterocycles. The lowest BCUT2D eigenvalue weighted by Crippen LogP contribution is -2.57. The van der Waals surface area contributed by atoms with Crippen molar-refractivity contribution >= 4 is 17.8 Å². The first-order chi connectivity index (χ1) is 18.6. The van der Waals surface area contributed by atoms with Crippen molar-refractivity contribution in [1.82, 2.24) is 10.6 Å². The van der Waals surface area contributed by atoms with Gasteiger partial charge in [-0.3, -0.25) is 14.4 Å². The number of benzene rings is 1. The minimum Gasteiger partial charge on any atom is -0.496 e. The van der Waals surface area contributed by atoms with Gasteiger partial charge in [-0.05, 0) is 96.0 Å². The zero-order chi connectivity index (χ0) is 27.9. The molecule has 4 fully saturated rings. The lowest BCUT2D eigenvalue weighted by molar-refractivity contribution is -0.150. The van der Waals surface area contributed by atoms with Crippen molar-refractivity contribution in [3.8, 4) is 17.6 Å². The van der Waals surface area contributed by atoms with Crippen molar-refractivity contribution < 1.29 is 29.0 Å². The summed E-state index contributed by atoms with van der Waals surface area (Å²) >= 11 is 0. The Morgan fingerprint density at radius 3 is 2.31 bits per heavy atom. The van der Waals surface area contributed by atoms with Gasteiger partial charge in [-0.15, -0.1) is 0 Å². The average Bonchev–Trinajstić information content (AvgIpc) is 3.50. The minimum absolute atomic E-state index is 0.0381. The van der Waals surface area contributed by atoms with Crippen LogP contribution in [0.25, 0.3) is 0 Å². The van der Waals surface area contributed by atoms with Crippen molar-refractivity contribution in [3.05, 3.63) is 23.3 Å². The van der Waals surface area contributed by atoms with Crippen molar-refractivity contribution in [2.75, 3.05) is 7.11 Å². The van der Waals surface area contributed by atoms with Crippen LogP contribution in [-0.4, -0.2) is 47.7 Å². The first-order valence-corrected chi connectivity index (χ1v) is 14.2. The molecule has 0 unspecified atom stereocenters. The second kappa shape index (κ2) is 10.4. The highest BCUT2D eigenvalue weighted by atomic mass is 16.5. The highest BCUT2D eigenvalue weighted by molar-refractivity contribution is 5.98. The van der Waals surface area contributed by atoms with Crippen molar-refractivity contribution in [2.24, 2.45) is 23.2 Å². The minimum atomic E-state index is -0.809. The Morgan fingerprint density at radius 1 is 1.03 bits per heavy atom. The fourth-order valence-electron chi connectivity index (χ4n) is 7.15. The van der Waals surface area contributed by atoms with Gasteiger partial charge in [-0.25, -0.2) is 0 Å². The van der Waals surface area contributed by atoms with E-state index in [0.29, 0.717) is 25.7 Å². The van der Waals surface area contributed by atoms with Gasteiger partial charge in [0.15, 0.2) is 0 Å². The monoisotopic (exact) mass is 537 g/mol. The molecule has 2 amide bonds. The van der Waals surface area contributed by atoms with Gasteiger partial charge in [0.1, 0.15) is 17.6 Å². The Labute approximate surface area is 229 Å². The molecule has 4 atom stereocenters. The molecular weight excluding hydrogens is 498 g/mol. The Balaban J connectivity index is 1.33. The molecule has 0 radical (unpaired) electrons. The lowest BCUT2D eigenvalue weighted by Gasteiger charge is -2.41. The maximum atomic E-state index is 13.7. The molecule has 5 rings (SSSR count). The van der Waals surface area contributed by atoms with Crippen LogP contribution >= 0.6 is 0 Å². The standard InChI is InChI=1S/C30H39N3O6/c1-29(28(36)37)11-7-20(8-12-29)39-22-15-21(23(38-3)14-19(22)16-31)26(34)32-25-18-6-5-17(13-18)24(25)27(35)33-30(2)9-4-10-30/h14-15,17-18,20,24-25H,4-13H2,1-3H3,(H,32,34)(H,33,35)(H,36,37)/t17-,18+,20-,24+,25-,29+/m1/s1. The normalized spacial score (nSPS) is 32.4. The highest BCUT2D eigenvalue weighted by Crippen LogP contribution is 2.49.